The van der Waals surface area contributed by atoms with E-state index < -0.39 is 0 Å². The number of hydrogen-bond acceptors (Lipinski definition) is 2. The van der Waals surface area contributed by atoms with Gasteiger partial charge in [0.2, 0.25) is 0 Å². The Morgan fingerprint density at radius 2 is 1.71 bits per heavy atom. The standard InChI is InChI=1S/C12H25NO/c1-7-11(8-2)9-12(11,14-6)13-10(3,4)5/h13H,7-9H2,1-6H3. The van der Waals surface area contributed by atoms with Gasteiger partial charge in [-0.3, -0.25) is 5.32 Å². The molecule has 1 rings (SSSR count). The van der Waals surface area contributed by atoms with Gasteiger partial charge in [0, 0.05) is 24.5 Å². The average Bonchev–Trinajstić information content (AvgIpc) is 2.72. The lowest BCUT2D eigenvalue weighted by atomic mass is 9.96. The predicted molar refractivity (Wildman–Crippen MR) is 60.3 cm³/mol. The van der Waals surface area contributed by atoms with Crippen LogP contribution in [0.5, 0.6) is 0 Å². The summed E-state index contributed by atoms with van der Waals surface area (Å²) in [7, 11) is 1.83. The largest absolute Gasteiger partial charge is 0.363 e. The summed E-state index contributed by atoms with van der Waals surface area (Å²) in [6.07, 6.45) is 3.54. The van der Waals surface area contributed by atoms with Gasteiger partial charge >= 0.3 is 0 Å². The van der Waals surface area contributed by atoms with Crippen molar-refractivity contribution in [2.24, 2.45) is 5.41 Å². The fourth-order valence-corrected chi connectivity index (χ4v) is 2.63. The third-order valence-corrected chi connectivity index (χ3v) is 3.60. The maximum atomic E-state index is 5.71. The highest BCUT2D eigenvalue weighted by Gasteiger charge is 2.66. The van der Waals surface area contributed by atoms with E-state index in [0.717, 1.165) is 6.42 Å². The Labute approximate surface area is 88.4 Å². The summed E-state index contributed by atoms with van der Waals surface area (Å²) in [6.45, 7) is 11.1. The van der Waals surface area contributed by atoms with Gasteiger partial charge in [0.1, 0.15) is 5.72 Å². The van der Waals surface area contributed by atoms with Crippen LogP contribution in [0.25, 0.3) is 0 Å². The number of rotatable bonds is 4. The van der Waals surface area contributed by atoms with E-state index in [1.807, 2.05) is 7.11 Å². The van der Waals surface area contributed by atoms with Crippen molar-refractivity contribution in [3.8, 4) is 0 Å². The van der Waals surface area contributed by atoms with E-state index in [-0.39, 0.29) is 11.3 Å². The molecule has 0 bridgehead atoms. The molecule has 1 saturated carbocycles. The molecule has 0 saturated heterocycles. The number of hydrogen-bond donors (Lipinski definition) is 1. The van der Waals surface area contributed by atoms with E-state index >= 15 is 0 Å². The van der Waals surface area contributed by atoms with Crippen LogP contribution in [-0.2, 0) is 4.74 Å². The minimum absolute atomic E-state index is 0.0608. The van der Waals surface area contributed by atoms with Gasteiger partial charge in [-0.25, -0.2) is 0 Å². The zero-order valence-corrected chi connectivity index (χ0v) is 10.5. The SMILES string of the molecule is CCC1(CC)CC1(NC(C)(C)C)OC. The van der Waals surface area contributed by atoms with Gasteiger partial charge < -0.3 is 4.74 Å². The summed E-state index contributed by atoms with van der Waals surface area (Å²) in [5.41, 5.74) is 0.436. The van der Waals surface area contributed by atoms with E-state index in [9.17, 15) is 0 Å². The van der Waals surface area contributed by atoms with Crippen LogP contribution < -0.4 is 5.32 Å². The first kappa shape index (κ1) is 12.0. The van der Waals surface area contributed by atoms with Crippen molar-refractivity contribution in [3.05, 3.63) is 0 Å². The second-order valence-corrected chi connectivity index (χ2v) is 5.57. The molecule has 0 aromatic rings. The third kappa shape index (κ3) is 1.82. The van der Waals surface area contributed by atoms with Gasteiger partial charge in [-0.2, -0.15) is 0 Å². The summed E-state index contributed by atoms with van der Waals surface area (Å²) < 4.78 is 5.71. The van der Waals surface area contributed by atoms with Gasteiger partial charge in [-0.05, 0) is 33.6 Å². The monoisotopic (exact) mass is 199 g/mol. The summed E-state index contributed by atoms with van der Waals surface area (Å²) in [5.74, 6) is 0. The fourth-order valence-electron chi connectivity index (χ4n) is 2.63. The van der Waals surface area contributed by atoms with Crippen molar-refractivity contribution >= 4 is 0 Å². The van der Waals surface area contributed by atoms with E-state index in [1.165, 1.54) is 12.8 Å². The topological polar surface area (TPSA) is 21.3 Å². The molecule has 0 radical (unpaired) electrons. The smallest absolute Gasteiger partial charge is 0.125 e. The van der Waals surface area contributed by atoms with Gasteiger partial charge in [0.05, 0.1) is 0 Å². The molecule has 1 N–H and O–H groups in total. The molecule has 1 aliphatic carbocycles. The molecule has 2 nitrogen and oxygen atoms in total. The Hall–Kier alpha value is -0.0800. The molecule has 14 heavy (non-hydrogen) atoms. The first-order valence-corrected chi connectivity index (χ1v) is 5.69. The highest BCUT2D eigenvalue weighted by molar-refractivity contribution is 5.15. The lowest BCUT2D eigenvalue weighted by Gasteiger charge is -2.32. The zero-order valence-electron chi connectivity index (χ0n) is 10.5. The van der Waals surface area contributed by atoms with Crippen LogP contribution in [0.15, 0.2) is 0 Å². The molecular formula is C12H25NO. The fraction of sp³-hybridized carbons (Fsp3) is 1.00. The van der Waals surface area contributed by atoms with Crippen molar-refractivity contribution in [1.82, 2.24) is 5.32 Å². The third-order valence-electron chi connectivity index (χ3n) is 3.60. The maximum absolute atomic E-state index is 5.71. The quantitative estimate of drug-likeness (QED) is 0.703. The average molecular weight is 199 g/mol. The highest BCUT2D eigenvalue weighted by atomic mass is 16.5. The van der Waals surface area contributed by atoms with E-state index in [2.05, 4.69) is 39.9 Å². The predicted octanol–water partition coefficient (Wildman–Crippen LogP) is 2.93. The Bertz CT molecular complexity index is 203. The molecule has 0 aromatic heterocycles. The van der Waals surface area contributed by atoms with E-state index in [1.54, 1.807) is 0 Å². The van der Waals surface area contributed by atoms with E-state index in [0.29, 0.717) is 5.41 Å². The van der Waals surface area contributed by atoms with Crippen LogP contribution in [-0.4, -0.2) is 18.4 Å². The van der Waals surface area contributed by atoms with Crippen molar-refractivity contribution in [2.45, 2.75) is 65.1 Å². The number of nitrogens with one attached hydrogen (secondary N) is 1. The van der Waals surface area contributed by atoms with Crippen LogP contribution >= 0.6 is 0 Å². The molecule has 1 fully saturated rings. The molecule has 0 aromatic carbocycles. The maximum Gasteiger partial charge on any atom is 0.125 e. The normalized spacial score (nSPS) is 30.4. The number of methoxy groups -OCH3 is 1. The highest BCUT2D eigenvalue weighted by Crippen LogP contribution is 2.61. The minimum atomic E-state index is -0.0608. The summed E-state index contributed by atoms with van der Waals surface area (Å²) in [6, 6.07) is 0. The molecule has 1 aliphatic rings. The second kappa shape index (κ2) is 3.49. The molecule has 0 spiro atoms. The molecule has 1 atom stereocenters. The Balaban J connectivity index is 2.73. The van der Waals surface area contributed by atoms with Crippen molar-refractivity contribution in [1.29, 1.82) is 0 Å². The van der Waals surface area contributed by atoms with Gasteiger partial charge in [-0.15, -0.1) is 0 Å². The molecule has 84 valence electrons. The first-order valence-electron chi connectivity index (χ1n) is 5.69. The molecule has 0 aliphatic heterocycles. The minimum Gasteiger partial charge on any atom is -0.363 e. The van der Waals surface area contributed by atoms with Gasteiger partial charge in [0.15, 0.2) is 0 Å². The summed E-state index contributed by atoms with van der Waals surface area (Å²) in [4.78, 5) is 0. The van der Waals surface area contributed by atoms with Crippen molar-refractivity contribution in [3.63, 3.8) is 0 Å². The van der Waals surface area contributed by atoms with E-state index in [4.69, 9.17) is 4.74 Å². The van der Waals surface area contributed by atoms with Crippen LogP contribution in [0.1, 0.15) is 53.9 Å². The molecular weight excluding hydrogens is 174 g/mol. The van der Waals surface area contributed by atoms with Crippen LogP contribution in [0.3, 0.4) is 0 Å². The first-order chi connectivity index (χ1) is 6.35. The summed E-state index contributed by atoms with van der Waals surface area (Å²) >= 11 is 0. The second-order valence-electron chi connectivity index (χ2n) is 5.57. The van der Waals surface area contributed by atoms with Crippen molar-refractivity contribution < 1.29 is 4.74 Å². The summed E-state index contributed by atoms with van der Waals surface area (Å²) in [5, 5.41) is 3.63. The van der Waals surface area contributed by atoms with Gasteiger partial charge in [0.25, 0.3) is 0 Å². The Morgan fingerprint density at radius 3 is 1.93 bits per heavy atom. The lowest BCUT2D eigenvalue weighted by Crippen LogP contribution is -2.49. The van der Waals surface area contributed by atoms with Crippen LogP contribution in [0.2, 0.25) is 0 Å². The Morgan fingerprint density at radius 1 is 1.21 bits per heavy atom. The molecule has 0 amide bonds. The zero-order chi connectivity index (χ0) is 11.0. The van der Waals surface area contributed by atoms with Crippen LogP contribution in [0, 0.1) is 5.41 Å². The molecule has 2 heteroatoms. The lowest BCUT2D eigenvalue weighted by molar-refractivity contribution is -0.00917. The molecule has 1 unspecified atom stereocenters. The van der Waals surface area contributed by atoms with Gasteiger partial charge in [-0.1, -0.05) is 13.8 Å². The Kier molecular flexibility index (Phi) is 2.99. The van der Waals surface area contributed by atoms with Crippen LogP contribution in [0.4, 0.5) is 0 Å². The molecule has 0 heterocycles. The van der Waals surface area contributed by atoms with Crippen molar-refractivity contribution in [2.75, 3.05) is 7.11 Å². The number of ether oxygens (including phenoxy) is 1.